The summed E-state index contributed by atoms with van der Waals surface area (Å²) in [6, 6.07) is 5.80. The number of hydrogen-bond acceptors (Lipinski definition) is 5. The van der Waals surface area contributed by atoms with Gasteiger partial charge in [-0.2, -0.15) is 5.26 Å². The maximum absolute atomic E-state index is 10.9. The molecule has 1 amide bonds. The van der Waals surface area contributed by atoms with Crippen molar-refractivity contribution in [3.8, 4) is 15.8 Å². The fraction of sp³-hybridized carbons (Fsp3) is 0.182. The monoisotopic (exact) mass is 263 g/mol. The highest BCUT2D eigenvalue weighted by molar-refractivity contribution is 7.24. The van der Waals surface area contributed by atoms with Crippen molar-refractivity contribution in [2.24, 2.45) is 0 Å². The van der Waals surface area contributed by atoms with E-state index in [2.05, 4.69) is 16.4 Å². The van der Waals surface area contributed by atoms with Crippen molar-refractivity contribution in [3.05, 3.63) is 22.7 Å². The summed E-state index contributed by atoms with van der Waals surface area (Å²) >= 11 is 2.85. The van der Waals surface area contributed by atoms with Gasteiger partial charge in [0.15, 0.2) is 5.13 Å². The summed E-state index contributed by atoms with van der Waals surface area (Å²) in [5.41, 5.74) is 0.866. The third kappa shape index (κ3) is 2.52. The molecule has 4 nitrogen and oxygen atoms in total. The van der Waals surface area contributed by atoms with Crippen LogP contribution in [-0.2, 0) is 4.79 Å². The molecule has 0 bridgehead atoms. The minimum atomic E-state index is -0.130. The number of carbonyl (C=O) groups is 1. The van der Waals surface area contributed by atoms with Crippen LogP contribution in [0, 0.1) is 18.3 Å². The summed E-state index contributed by atoms with van der Waals surface area (Å²) in [5.74, 6) is -0.130. The number of nitriles is 1. The number of thiazole rings is 1. The average molecular weight is 263 g/mol. The fourth-order valence-electron chi connectivity index (χ4n) is 1.35. The number of rotatable bonds is 2. The Kier molecular flexibility index (Phi) is 3.22. The number of thiophene rings is 1. The van der Waals surface area contributed by atoms with Gasteiger partial charge in [0.2, 0.25) is 5.91 Å². The zero-order valence-electron chi connectivity index (χ0n) is 9.27. The van der Waals surface area contributed by atoms with Crippen molar-refractivity contribution in [1.82, 2.24) is 4.98 Å². The molecule has 2 heterocycles. The van der Waals surface area contributed by atoms with Gasteiger partial charge in [0.25, 0.3) is 0 Å². The molecule has 0 saturated carbocycles. The fourth-order valence-corrected chi connectivity index (χ4v) is 3.33. The molecule has 0 aromatic carbocycles. The Balaban J connectivity index is 2.36. The maximum Gasteiger partial charge on any atom is 0.223 e. The molecule has 6 heteroatoms. The van der Waals surface area contributed by atoms with Gasteiger partial charge in [0.1, 0.15) is 10.9 Å². The first-order valence-corrected chi connectivity index (χ1v) is 6.49. The Labute approximate surface area is 107 Å². The molecular formula is C11H9N3OS2. The predicted octanol–water partition coefficient (Wildman–Crippen LogP) is 3.01. The Hall–Kier alpha value is -1.71. The van der Waals surface area contributed by atoms with E-state index < -0.39 is 0 Å². The number of hydrogen-bond donors (Lipinski definition) is 1. The lowest BCUT2D eigenvalue weighted by Gasteiger charge is -1.92. The molecule has 0 saturated heterocycles. The summed E-state index contributed by atoms with van der Waals surface area (Å²) in [4.78, 5) is 17.9. The van der Waals surface area contributed by atoms with Crippen molar-refractivity contribution < 1.29 is 4.79 Å². The molecule has 0 atom stereocenters. The van der Waals surface area contributed by atoms with Gasteiger partial charge in [-0.1, -0.05) is 11.3 Å². The van der Waals surface area contributed by atoms with Crippen LogP contribution in [0.5, 0.6) is 0 Å². The van der Waals surface area contributed by atoms with Crippen LogP contribution in [0.3, 0.4) is 0 Å². The Morgan fingerprint density at radius 1 is 1.47 bits per heavy atom. The van der Waals surface area contributed by atoms with Crippen molar-refractivity contribution in [2.45, 2.75) is 13.8 Å². The smallest absolute Gasteiger partial charge is 0.223 e. The summed E-state index contributed by atoms with van der Waals surface area (Å²) < 4.78 is 0. The van der Waals surface area contributed by atoms with E-state index in [1.54, 1.807) is 6.07 Å². The molecule has 0 spiro atoms. The second-order valence-corrected chi connectivity index (χ2v) is 5.47. The van der Waals surface area contributed by atoms with Gasteiger partial charge in [-0.05, 0) is 19.1 Å². The van der Waals surface area contributed by atoms with Crippen LogP contribution in [0.25, 0.3) is 9.75 Å². The van der Waals surface area contributed by atoms with Crippen LogP contribution in [0.1, 0.15) is 17.5 Å². The average Bonchev–Trinajstić information content (AvgIpc) is 2.83. The van der Waals surface area contributed by atoms with E-state index >= 15 is 0 Å². The van der Waals surface area contributed by atoms with Crippen LogP contribution in [0.15, 0.2) is 12.1 Å². The number of nitrogens with zero attached hydrogens (tertiary/aromatic N) is 2. The van der Waals surface area contributed by atoms with Crippen molar-refractivity contribution >= 4 is 33.7 Å². The molecule has 2 aromatic rings. The second-order valence-electron chi connectivity index (χ2n) is 3.39. The van der Waals surface area contributed by atoms with Gasteiger partial charge in [-0.25, -0.2) is 4.98 Å². The van der Waals surface area contributed by atoms with E-state index in [9.17, 15) is 4.79 Å². The van der Waals surface area contributed by atoms with Crippen molar-refractivity contribution in [1.29, 1.82) is 5.26 Å². The first kappa shape index (κ1) is 11.8. The molecular weight excluding hydrogens is 254 g/mol. The quantitative estimate of drug-likeness (QED) is 0.905. The number of aryl methyl sites for hydroxylation is 1. The molecule has 0 aliphatic carbocycles. The van der Waals surface area contributed by atoms with Crippen LogP contribution >= 0.6 is 22.7 Å². The largest absolute Gasteiger partial charge is 0.302 e. The Bertz CT molecular complexity index is 607. The molecule has 2 rings (SSSR count). The van der Waals surface area contributed by atoms with Crippen LogP contribution in [-0.4, -0.2) is 10.9 Å². The highest BCUT2D eigenvalue weighted by atomic mass is 32.1. The third-order valence-electron chi connectivity index (χ3n) is 2.02. The number of aromatic nitrogens is 1. The lowest BCUT2D eigenvalue weighted by molar-refractivity contribution is -0.114. The molecule has 17 heavy (non-hydrogen) atoms. The zero-order valence-corrected chi connectivity index (χ0v) is 10.9. The molecule has 2 aromatic heterocycles. The minimum absolute atomic E-state index is 0.130. The molecule has 0 aliphatic rings. The van der Waals surface area contributed by atoms with Gasteiger partial charge in [-0.15, -0.1) is 11.3 Å². The maximum atomic E-state index is 10.9. The van der Waals surface area contributed by atoms with Gasteiger partial charge in [-0.3, -0.25) is 4.79 Å². The summed E-state index contributed by atoms with van der Waals surface area (Å²) in [6.07, 6.45) is 0. The van der Waals surface area contributed by atoms with Gasteiger partial charge >= 0.3 is 0 Å². The molecule has 0 aliphatic heterocycles. The van der Waals surface area contributed by atoms with Crippen LogP contribution < -0.4 is 5.32 Å². The van der Waals surface area contributed by atoms with E-state index in [1.807, 2.05) is 13.0 Å². The van der Waals surface area contributed by atoms with Gasteiger partial charge < -0.3 is 5.32 Å². The molecule has 0 radical (unpaired) electrons. The SMILES string of the molecule is CC(=O)Nc1nc(C)c(-c2ccc(C#N)s2)s1. The number of carbonyl (C=O) groups excluding carboxylic acids is 1. The number of amides is 1. The summed E-state index contributed by atoms with van der Waals surface area (Å²) in [5, 5.41) is 12.0. The number of nitrogens with one attached hydrogen (secondary N) is 1. The van der Waals surface area contributed by atoms with E-state index in [-0.39, 0.29) is 5.91 Å². The highest BCUT2D eigenvalue weighted by Gasteiger charge is 2.12. The van der Waals surface area contributed by atoms with E-state index in [0.717, 1.165) is 15.4 Å². The normalized spacial score (nSPS) is 9.94. The highest BCUT2D eigenvalue weighted by Crippen LogP contribution is 2.36. The molecule has 86 valence electrons. The molecule has 0 fully saturated rings. The lowest BCUT2D eigenvalue weighted by Crippen LogP contribution is -2.04. The second kappa shape index (κ2) is 4.65. The Morgan fingerprint density at radius 3 is 2.82 bits per heavy atom. The van der Waals surface area contributed by atoms with Crippen LogP contribution in [0.2, 0.25) is 0 Å². The standard InChI is InChI=1S/C11H9N3OS2/c1-6-10(9-4-3-8(5-12)16-9)17-11(13-6)14-7(2)15/h3-4H,1-2H3,(H,13,14,15). The summed E-state index contributed by atoms with van der Waals surface area (Å²) in [6.45, 7) is 3.35. The van der Waals surface area contributed by atoms with E-state index in [4.69, 9.17) is 5.26 Å². The van der Waals surface area contributed by atoms with E-state index in [0.29, 0.717) is 10.0 Å². The molecule has 0 unspecified atom stereocenters. The van der Waals surface area contributed by atoms with Crippen molar-refractivity contribution in [3.63, 3.8) is 0 Å². The molecule has 1 N–H and O–H groups in total. The lowest BCUT2D eigenvalue weighted by atomic mass is 10.3. The summed E-state index contributed by atoms with van der Waals surface area (Å²) in [7, 11) is 0. The van der Waals surface area contributed by atoms with Gasteiger partial charge in [0.05, 0.1) is 10.6 Å². The van der Waals surface area contributed by atoms with Crippen molar-refractivity contribution in [2.75, 3.05) is 5.32 Å². The topological polar surface area (TPSA) is 65.8 Å². The first-order valence-electron chi connectivity index (χ1n) is 4.85. The predicted molar refractivity (Wildman–Crippen MR) is 69.2 cm³/mol. The van der Waals surface area contributed by atoms with Gasteiger partial charge in [0, 0.05) is 11.8 Å². The van der Waals surface area contributed by atoms with E-state index in [1.165, 1.54) is 29.6 Å². The number of anilines is 1. The van der Waals surface area contributed by atoms with Crippen LogP contribution in [0.4, 0.5) is 5.13 Å². The first-order chi connectivity index (χ1) is 8.10. The minimum Gasteiger partial charge on any atom is -0.302 e. The Morgan fingerprint density at radius 2 is 2.24 bits per heavy atom. The third-order valence-corrected chi connectivity index (χ3v) is 4.26. The zero-order chi connectivity index (χ0) is 12.4.